The van der Waals surface area contributed by atoms with Gasteiger partial charge in [0.1, 0.15) is 11.4 Å². The van der Waals surface area contributed by atoms with E-state index in [0.29, 0.717) is 0 Å². The molecule has 0 unspecified atom stereocenters. The Balaban J connectivity index is 2.34. The monoisotopic (exact) mass is 377 g/mol. The van der Waals surface area contributed by atoms with E-state index >= 15 is 0 Å². The summed E-state index contributed by atoms with van der Waals surface area (Å²) in [6.45, 7) is 10.8. The van der Waals surface area contributed by atoms with E-state index in [0.717, 1.165) is 59.6 Å². The molecule has 0 amide bonds. The number of nitrogens with zero attached hydrogens (tertiary/aromatic N) is 3. The van der Waals surface area contributed by atoms with Crippen LogP contribution in [0.5, 0.6) is 5.75 Å². The van der Waals surface area contributed by atoms with Gasteiger partial charge in [0, 0.05) is 18.0 Å². The number of methoxy groups -OCH3 is 1. The maximum absolute atomic E-state index is 5.71. The van der Waals surface area contributed by atoms with Gasteiger partial charge in [0.2, 0.25) is 0 Å². The van der Waals surface area contributed by atoms with Crippen LogP contribution in [-0.2, 0) is 6.42 Å². The summed E-state index contributed by atoms with van der Waals surface area (Å²) in [4.78, 5) is 9.77. The minimum Gasteiger partial charge on any atom is -0.496 e. The number of fused-ring (bicyclic) bond motifs is 1. The van der Waals surface area contributed by atoms with Crippen LogP contribution in [0.1, 0.15) is 62.5 Å². The number of imidazole rings is 1. The lowest BCUT2D eigenvalue weighted by atomic mass is 10.0. The molecule has 0 aliphatic rings. The predicted octanol–water partition coefficient (Wildman–Crippen LogP) is 6.18. The SMILES string of the molecule is CCC=C(CCC)c1c(CC)nc2c(-c3c(C)cc(C)cc3OC)nccn12. The predicted molar refractivity (Wildman–Crippen MR) is 117 cm³/mol. The maximum atomic E-state index is 5.71. The van der Waals surface area contributed by atoms with Gasteiger partial charge < -0.3 is 4.74 Å². The summed E-state index contributed by atoms with van der Waals surface area (Å²) in [6.07, 6.45) is 10.3. The second-order valence-corrected chi connectivity index (χ2v) is 7.28. The molecule has 0 saturated carbocycles. The highest BCUT2D eigenvalue weighted by atomic mass is 16.5. The summed E-state index contributed by atoms with van der Waals surface area (Å²) in [5.41, 5.74) is 8.87. The summed E-state index contributed by atoms with van der Waals surface area (Å²) in [7, 11) is 1.72. The summed E-state index contributed by atoms with van der Waals surface area (Å²) in [5.74, 6) is 0.846. The van der Waals surface area contributed by atoms with Crippen molar-refractivity contribution in [2.75, 3.05) is 7.11 Å². The molecule has 0 bridgehead atoms. The second kappa shape index (κ2) is 8.59. The minimum atomic E-state index is 0.846. The van der Waals surface area contributed by atoms with Crippen LogP contribution in [0.3, 0.4) is 0 Å². The molecule has 0 saturated heterocycles. The van der Waals surface area contributed by atoms with Gasteiger partial charge in [-0.05, 0) is 55.9 Å². The molecule has 0 radical (unpaired) electrons. The fourth-order valence-corrected chi connectivity index (χ4v) is 4.01. The molecule has 0 aliphatic heterocycles. The fraction of sp³-hybridized carbons (Fsp3) is 0.417. The average molecular weight is 378 g/mol. The van der Waals surface area contributed by atoms with E-state index in [4.69, 9.17) is 14.7 Å². The van der Waals surface area contributed by atoms with Crippen LogP contribution >= 0.6 is 0 Å². The lowest BCUT2D eigenvalue weighted by Gasteiger charge is -2.14. The minimum absolute atomic E-state index is 0.846. The third-order valence-electron chi connectivity index (χ3n) is 5.12. The van der Waals surface area contributed by atoms with Gasteiger partial charge in [-0.1, -0.05) is 39.3 Å². The van der Waals surface area contributed by atoms with E-state index in [-0.39, 0.29) is 0 Å². The molecular formula is C24H31N3O. The smallest absolute Gasteiger partial charge is 0.164 e. The normalized spacial score (nSPS) is 12.0. The van der Waals surface area contributed by atoms with Crippen molar-refractivity contribution in [1.82, 2.24) is 14.4 Å². The van der Waals surface area contributed by atoms with Gasteiger partial charge in [-0.2, -0.15) is 0 Å². The molecule has 148 valence electrons. The first-order valence-electron chi connectivity index (χ1n) is 10.3. The fourth-order valence-electron chi connectivity index (χ4n) is 4.01. The van der Waals surface area contributed by atoms with Crippen LogP contribution in [0.2, 0.25) is 0 Å². The highest BCUT2D eigenvalue weighted by molar-refractivity contribution is 5.83. The average Bonchev–Trinajstić information content (AvgIpc) is 3.06. The number of ether oxygens (including phenoxy) is 1. The van der Waals surface area contributed by atoms with Gasteiger partial charge in [-0.15, -0.1) is 0 Å². The molecule has 1 aromatic carbocycles. The van der Waals surface area contributed by atoms with Crippen molar-refractivity contribution in [2.24, 2.45) is 0 Å². The Kier molecular flexibility index (Phi) is 6.18. The number of aromatic nitrogens is 3. The second-order valence-electron chi connectivity index (χ2n) is 7.28. The van der Waals surface area contributed by atoms with Crippen molar-refractivity contribution < 1.29 is 4.74 Å². The lowest BCUT2D eigenvalue weighted by molar-refractivity contribution is 0.415. The molecule has 3 rings (SSSR count). The molecule has 2 aromatic heterocycles. The first-order chi connectivity index (χ1) is 13.5. The number of hydrogen-bond acceptors (Lipinski definition) is 3. The maximum Gasteiger partial charge on any atom is 0.164 e. The van der Waals surface area contributed by atoms with Crippen LogP contribution in [0.4, 0.5) is 0 Å². The summed E-state index contributed by atoms with van der Waals surface area (Å²) < 4.78 is 7.93. The number of benzene rings is 1. The van der Waals surface area contributed by atoms with Crippen molar-refractivity contribution in [2.45, 2.75) is 60.3 Å². The molecule has 0 spiro atoms. The number of aryl methyl sites for hydroxylation is 3. The van der Waals surface area contributed by atoms with Crippen LogP contribution < -0.4 is 4.74 Å². The van der Waals surface area contributed by atoms with Gasteiger partial charge in [0.15, 0.2) is 5.65 Å². The highest BCUT2D eigenvalue weighted by Crippen LogP contribution is 2.36. The summed E-state index contributed by atoms with van der Waals surface area (Å²) in [5, 5.41) is 0. The summed E-state index contributed by atoms with van der Waals surface area (Å²) >= 11 is 0. The molecule has 4 heteroatoms. The molecule has 0 N–H and O–H groups in total. The van der Waals surface area contributed by atoms with Crippen LogP contribution in [-0.4, -0.2) is 21.5 Å². The molecule has 28 heavy (non-hydrogen) atoms. The van der Waals surface area contributed by atoms with Crippen LogP contribution in [0.25, 0.3) is 22.5 Å². The number of hydrogen-bond donors (Lipinski definition) is 0. The molecule has 2 heterocycles. The highest BCUT2D eigenvalue weighted by Gasteiger charge is 2.21. The quantitative estimate of drug-likeness (QED) is 0.494. The lowest BCUT2D eigenvalue weighted by Crippen LogP contribution is -2.00. The zero-order valence-corrected chi connectivity index (χ0v) is 18.0. The Bertz CT molecular complexity index is 1010. The number of allylic oxidation sites excluding steroid dienone is 2. The van der Waals surface area contributed by atoms with Gasteiger partial charge in [0.25, 0.3) is 0 Å². The molecule has 0 atom stereocenters. The van der Waals surface area contributed by atoms with Crippen LogP contribution in [0, 0.1) is 13.8 Å². The van der Waals surface area contributed by atoms with E-state index in [2.05, 4.69) is 57.2 Å². The van der Waals surface area contributed by atoms with Gasteiger partial charge in [-0.3, -0.25) is 9.38 Å². The van der Waals surface area contributed by atoms with Gasteiger partial charge in [-0.25, -0.2) is 4.98 Å². The summed E-state index contributed by atoms with van der Waals surface area (Å²) in [6, 6.07) is 4.24. The first kappa shape index (κ1) is 20.1. The van der Waals surface area contributed by atoms with E-state index < -0.39 is 0 Å². The Morgan fingerprint density at radius 1 is 1.18 bits per heavy atom. The zero-order chi connectivity index (χ0) is 20.3. The van der Waals surface area contributed by atoms with Crippen molar-refractivity contribution in [3.8, 4) is 17.0 Å². The van der Waals surface area contributed by atoms with E-state index in [1.54, 1.807) is 7.11 Å². The van der Waals surface area contributed by atoms with Crippen molar-refractivity contribution in [3.05, 3.63) is 53.1 Å². The van der Waals surface area contributed by atoms with Gasteiger partial charge in [0.05, 0.1) is 18.5 Å². The van der Waals surface area contributed by atoms with E-state index in [9.17, 15) is 0 Å². The Hall–Kier alpha value is -2.62. The standard InChI is InChI=1S/C24H31N3O/c1-7-10-18(11-8-2)23-19(9-3)26-24-22(25-12-13-27(23)24)21-17(5)14-16(4)15-20(21)28-6/h10,12-15H,7-9,11H2,1-6H3. The van der Waals surface area contributed by atoms with Crippen molar-refractivity contribution in [3.63, 3.8) is 0 Å². The van der Waals surface area contributed by atoms with Crippen molar-refractivity contribution in [1.29, 1.82) is 0 Å². The third-order valence-corrected chi connectivity index (χ3v) is 5.12. The third kappa shape index (κ3) is 3.56. The van der Waals surface area contributed by atoms with Gasteiger partial charge >= 0.3 is 0 Å². The Morgan fingerprint density at radius 2 is 1.96 bits per heavy atom. The topological polar surface area (TPSA) is 39.4 Å². The van der Waals surface area contributed by atoms with Crippen LogP contribution in [0.15, 0.2) is 30.6 Å². The largest absolute Gasteiger partial charge is 0.496 e. The van der Waals surface area contributed by atoms with E-state index in [1.807, 2.05) is 12.4 Å². The molecule has 0 aliphatic carbocycles. The Labute approximate surface area is 168 Å². The van der Waals surface area contributed by atoms with E-state index in [1.165, 1.54) is 16.8 Å². The Morgan fingerprint density at radius 3 is 2.61 bits per heavy atom. The first-order valence-corrected chi connectivity index (χ1v) is 10.3. The molecule has 3 aromatic rings. The molecule has 4 nitrogen and oxygen atoms in total. The molecular weight excluding hydrogens is 346 g/mol. The molecule has 0 fully saturated rings. The zero-order valence-electron chi connectivity index (χ0n) is 18.0. The van der Waals surface area contributed by atoms with Crippen molar-refractivity contribution >= 4 is 11.2 Å². The number of rotatable bonds is 7.